The minimum atomic E-state index is -1.55. The van der Waals surface area contributed by atoms with E-state index in [1.165, 1.54) is 38.5 Å². The lowest BCUT2D eigenvalue weighted by Crippen LogP contribution is -2.30. The van der Waals surface area contributed by atoms with Gasteiger partial charge in [-0.1, -0.05) is 32.6 Å². The van der Waals surface area contributed by atoms with Gasteiger partial charge < -0.3 is 4.74 Å². The lowest BCUT2D eigenvalue weighted by molar-refractivity contribution is -0.140. The van der Waals surface area contributed by atoms with Crippen molar-refractivity contribution in [1.29, 1.82) is 0 Å². The fourth-order valence-electron chi connectivity index (χ4n) is 4.97. The number of hydrogen-bond acceptors (Lipinski definition) is 2. The first-order valence-corrected chi connectivity index (χ1v) is 10.3. The first-order valence-electron chi connectivity index (χ1n) is 10.3. The van der Waals surface area contributed by atoms with Crippen molar-refractivity contribution < 1.29 is 22.7 Å². The zero-order chi connectivity index (χ0) is 19.4. The molecule has 0 aliphatic heterocycles. The van der Waals surface area contributed by atoms with Gasteiger partial charge in [0.15, 0.2) is 17.5 Å². The molecule has 0 atom stereocenters. The Morgan fingerprint density at radius 2 is 1.44 bits per heavy atom. The molecule has 2 fully saturated rings. The molecule has 2 aliphatic carbocycles. The molecule has 3 rings (SSSR count). The fraction of sp³-hybridized carbons (Fsp3) is 0.682. The zero-order valence-electron chi connectivity index (χ0n) is 16.0. The lowest BCUT2D eigenvalue weighted by Gasteiger charge is -2.37. The van der Waals surface area contributed by atoms with Crippen LogP contribution < -0.4 is 4.74 Å². The van der Waals surface area contributed by atoms with Gasteiger partial charge in [-0.15, -0.1) is 0 Å². The van der Waals surface area contributed by atoms with Crippen molar-refractivity contribution in [3.63, 3.8) is 0 Å². The molecule has 2 saturated carbocycles. The maximum Gasteiger partial charge on any atom is 0.314 e. The van der Waals surface area contributed by atoms with Crippen LogP contribution in [0.3, 0.4) is 0 Å². The van der Waals surface area contributed by atoms with Crippen LogP contribution in [0, 0.1) is 41.1 Å². The van der Waals surface area contributed by atoms with E-state index in [0.717, 1.165) is 49.7 Å². The first kappa shape index (κ1) is 20.2. The van der Waals surface area contributed by atoms with Crippen LogP contribution in [0.2, 0.25) is 0 Å². The molecule has 0 saturated heterocycles. The van der Waals surface area contributed by atoms with Crippen molar-refractivity contribution in [2.75, 3.05) is 0 Å². The Morgan fingerprint density at radius 1 is 0.926 bits per heavy atom. The van der Waals surface area contributed by atoms with Gasteiger partial charge in [-0.3, -0.25) is 4.79 Å². The van der Waals surface area contributed by atoms with E-state index < -0.39 is 23.4 Å². The van der Waals surface area contributed by atoms with Gasteiger partial charge >= 0.3 is 5.97 Å². The van der Waals surface area contributed by atoms with E-state index >= 15 is 0 Å². The highest BCUT2D eigenvalue weighted by Gasteiger charge is 2.33. The van der Waals surface area contributed by atoms with Crippen LogP contribution >= 0.6 is 0 Å². The summed E-state index contributed by atoms with van der Waals surface area (Å²) in [5.41, 5.74) is 0. The van der Waals surface area contributed by atoms with Crippen molar-refractivity contribution in [3.05, 3.63) is 29.6 Å². The highest BCUT2D eigenvalue weighted by atomic mass is 19.2. The van der Waals surface area contributed by atoms with Gasteiger partial charge in [-0.25, -0.2) is 13.2 Å². The maximum absolute atomic E-state index is 13.3. The Morgan fingerprint density at radius 3 is 1.96 bits per heavy atom. The first-order chi connectivity index (χ1) is 13.0. The number of hydrogen-bond donors (Lipinski definition) is 0. The van der Waals surface area contributed by atoms with Crippen LogP contribution in [0.5, 0.6) is 5.75 Å². The van der Waals surface area contributed by atoms with Crippen molar-refractivity contribution in [1.82, 2.24) is 0 Å². The molecule has 0 unspecified atom stereocenters. The summed E-state index contributed by atoms with van der Waals surface area (Å²) in [7, 11) is 0. The van der Waals surface area contributed by atoms with E-state index in [2.05, 4.69) is 6.92 Å². The van der Waals surface area contributed by atoms with Gasteiger partial charge in [0, 0.05) is 12.1 Å². The average Bonchev–Trinajstić information content (AvgIpc) is 2.67. The molecule has 0 N–H and O–H groups in total. The van der Waals surface area contributed by atoms with Crippen molar-refractivity contribution in [2.45, 2.75) is 71.1 Å². The number of esters is 1. The smallest absolute Gasteiger partial charge is 0.314 e. The van der Waals surface area contributed by atoms with E-state index in [1.54, 1.807) is 0 Å². The Balaban J connectivity index is 1.47. The van der Waals surface area contributed by atoms with Crippen molar-refractivity contribution >= 4 is 5.97 Å². The number of rotatable bonds is 5. The molecule has 0 radical (unpaired) electrons. The van der Waals surface area contributed by atoms with E-state index in [9.17, 15) is 18.0 Å². The summed E-state index contributed by atoms with van der Waals surface area (Å²) in [4.78, 5) is 12.3. The van der Waals surface area contributed by atoms with Gasteiger partial charge in [0.25, 0.3) is 0 Å². The monoisotopic (exact) mass is 382 g/mol. The quantitative estimate of drug-likeness (QED) is 0.334. The molecule has 1 aromatic rings. The summed E-state index contributed by atoms with van der Waals surface area (Å²) < 4.78 is 44.6. The molecular formula is C22H29F3O2. The maximum atomic E-state index is 13.3. The van der Waals surface area contributed by atoms with Crippen LogP contribution in [0.4, 0.5) is 13.2 Å². The van der Waals surface area contributed by atoms with Crippen LogP contribution in [0.15, 0.2) is 12.1 Å². The van der Waals surface area contributed by atoms with E-state index in [1.807, 2.05) is 0 Å². The summed E-state index contributed by atoms with van der Waals surface area (Å²) in [6, 6.07) is 1.44. The molecule has 2 nitrogen and oxygen atoms in total. The second-order valence-corrected chi connectivity index (χ2v) is 8.30. The second-order valence-electron chi connectivity index (χ2n) is 8.30. The van der Waals surface area contributed by atoms with Crippen LogP contribution in [0.25, 0.3) is 0 Å². The molecule has 150 valence electrons. The number of halogens is 3. The number of benzene rings is 1. The predicted octanol–water partition coefficient (Wildman–Crippen LogP) is 6.42. The fourth-order valence-corrected chi connectivity index (χ4v) is 4.97. The lowest BCUT2D eigenvalue weighted by atomic mass is 9.69. The molecule has 0 bridgehead atoms. The standard InChI is InChI=1S/C22H29F3O2/c1-2-3-14-4-6-15(7-5-14)16-8-10-17(11-9-16)22(26)27-18-12-19(23)21(25)20(24)13-18/h12-17H,2-11H2,1H3/t14-,15-,16?,17?. The van der Waals surface area contributed by atoms with E-state index in [-0.39, 0.29) is 11.7 Å². The topological polar surface area (TPSA) is 26.3 Å². The van der Waals surface area contributed by atoms with E-state index in [4.69, 9.17) is 4.74 Å². The third kappa shape index (κ3) is 5.05. The number of carbonyl (C=O) groups excluding carboxylic acids is 1. The average molecular weight is 382 g/mol. The van der Waals surface area contributed by atoms with Crippen LogP contribution in [-0.4, -0.2) is 5.97 Å². The van der Waals surface area contributed by atoms with Gasteiger partial charge in [-0.2, -0.15) is 0 Å². The molecule has 5 heteroatoms. The SMILES string of the molecule is CCC[C@H]1CC[C@H](C2CCC(C(=O)Oc3cc(F)c(F)c(F)c3)CC2)CC1. The molecule has 27 heavy (non-hydrogen) atoms. The molecular weight excluding hydrogens is 353 g/mol. The summed E-state index contributed by atoms with van der Waals surface area (Å²) in [5, 5.41) is 0. The van der Waals surface area contributed by atoms with Gasteiger partial charge in [0.1, 0.15) is 5.75 Å². The number of ether oxygens (including phenoxy) is 1. The predicted molar refractivity (Wildman–Crippen MR) is 97.8 cm³/mol. The highest BCUT2D eigenvalue weighted by Crippen LogP contribution is 2.42. The van der Waals surface area contributed by atoms with Crippen molar-refractivity contribution in [3.8, 4) is 5.75 Å². The largest absolute Gasteiger partial charge is 0.426 e. The normalized spacial score (nSPS) is 28.7. The Labute approximate surface area is 159 Å². The summed E-state index contributed by atoms with van der Waals surface area (Å²) >= 11 is 0. The van der Waals surface area contributed by atoms with E-state index in [0.29, 0.717) is 5.92 Å². The van der Waals surface area contributed by atoms with Gasteiger partial charge in [0.2, 0.25) is 0 Å². The second kappa shape index (κ2) is 9.11. The molecule has 1 aromatic carbocycles. The van der Waals surface area contributed by atoms with Crippen LogP contribution in [0.1, 0.15) is 71.1 Å². The molecule has 0 aromatic heterocycles. The van der Waals surface area contributed by atoms with Crippen molar-refractivity contribution in [2.24, 2.45) is 23.7 Å². The molecule has 0 amide bonds. The molecule has 0 heterocycles. The third-order valence-corrected chi connectivity index (χ3v) is 6.54. The van der Waals surface area contributed by atoms with Gasteiger partial charge in [-0.05, 0) is 56.3 Å². The Hall–Kier alpha value is -1.52. The third-order valence-electron chi connectivity index (χ3n) is 6.54. The minimum Gasteiger partial charge on any atom is -0.426 e. The van der Waals surface area contributed by atoms with Gasteiger partial charge in [0.05, 0.1) is 5.92 Å². The Kier molecular flexibility index (Phi) is 6.83. The molecule has 0 spiro atoms. The number of carbonyl (C=O) groups is 1. The Bertz CT molecular complexity index is 622. The minimum absolute atomic E-state index is 0.242. The zero-order valence-corrected chi connectivity index (χ0v) is 16.0. The summed E-state index contributed by atoms with van der Waals surface area (Å²) in [6.45, 7) is 2.25. The van der Waals surface area contributed by atoms with Crippen LogP contribution in [-0.2, 0) is 4.79 Å². The highest BCUT2D eigenvalue weighted by molar-refractivity contribution is 5.75. The summed E-state index contributed by atoms with van der Waals surface area (Å²) in [5.74, 6) is -2.88. The molecule has 2 aliphatic rings. The summed E-state index contributed by atoms with van der Waals surface area (Å²) in [6.07, 6.45) is 11.4.